The van der Waals surface area contributed by atoms with Crippen molar-refractivity contribution >= 4 is 17.6 Å². The van der Waals surface area contributed by atoms with E-state index in [0.29, 0.717) is 22.9 Å². The van der Waals surface area contributed by atoms with E-state index < -0.39 is 11.9 Å². The van der Waals surface area contributed by atoms with E-state index in [4.69, 9.17) is 19.9 Å². The smallest absolute Gasteiger partial charge is 0.339 e. The molecule has 7 heteroatoms. The highest BCUT2D eigenvalue weighted by molar-refractivity contribution is 6.02. The molecule has 148 valence electrons. The van der Waals surface area contributed by atoms with Gasteiger partial charge in [-0.1, -0.05) is 12.1 Å². The lowest BCUT2D eigenvalue weighted by molar-refractivity contribution is 0.0514. The van der Waals surface area contributed by atoms with Crippen molar-refractivity contribution in [3.05, 3.63) is 77.9 Å². The first-order valence-corrected chi connectivity index (χ1v) is 8.82. The van der Waals surface area contributed by atoms with Crippen molar-refractivity contribution in [2.75, 3.05) is 12.3 Å². The van der Waals surface area contributed by atoms with Crippen LogP contribution < -0.4 is 15.2 Å². The lowest BCUT2D eigenvalue weighted by atomic mass is 10.1. The minimum absolute atomic E-state index is 0.0891. The Bertz CT molecular complexity index is 1030. The molecule has 3 rings (SSSR count). The van der Waals surface area contributed by atoms with Crippen LogP contribution in [0.5, 0.6) is 23.0 Å². The van der Waals surface area contributed by atoms with Crippen LogP contribution in [-0.4, -0.2) is 23.7 Å². The number of para-hydroxylation sites is 2. The molecule has 0 aromatic heterocycles. The third-order valence-electron chi connectivity index (χ3n) is 3.90. The highest BCUT2D eigenvalue weighted by atomic mass is 16.5. The molecular formula is C22H19NO6. The SMILES string of the molecule is CCOC(=O)c1cc(Oc2ccccc2Oc2ccc(N)cc2)ccc1C(=O)O. The predicted molar refractivity (Wildman–Crippen MR) is 107 cm³/mol. The number of hydrogen-bond donors (Lipinski definition) is 2. The van der Waals surface area contributed by atoms with Gasteiger partial charge in [-0.2, -0.15) is 0 Å². The highest BCUT2D eigenvalue weighted by Crippen LogP contribution is 2.35. The van der Waals surface area contributed by atoms with Gasteiger partial charge in [-0.15, -0.1) is 0 Å². The topological polar surface area (TPSA) is 108 Å². The molecule has 7 nitrogen and oxygen atoms in total. The number of anilines is 1. The molecule has 29 heavy (non-hydrogen) atoms. The molecule has 3 N–H and O–H groups in total. The Labute approximate surface area is 167 Å². The maximum atomic E-state index is 12.1. The molecule has 0 heterocycles. The van der Waals surface area contributed by atoms with E-state index in [2.05, 4.69) is 0 Å². The third kappa shape index (κ3) is 4.84. The molecule has 0 atom stereocenters. The van der Waals surface area contributed by atoms with Crippen LogP contribution >= 0.6 is 0 Å². The molecule has 0 aliphatic carbocycles. The van der Waals surface area contributed by atoms with Crippen molar-refractivity contribution < 1.29 is 28.9 Å². The lowest BCUT2D eigenvalue weighted by Gasteiger charge is -2.13. The van der Waals surface area contributed by atoms with Crippen molar-refractivity contribution in [1.82, 2.24) is 0 Å². The molecule has 0 bridgehead atoms. The van der Waals surface area contributed by atoms with E-state index in [1.165, 1.54) is 18.2 Å². The van der Waals surface area contributed by atoms with E-state index in [1.54, 1.807) is 55.5 Å². The second-order valence-corrected chi connectivity index (χ2v) is 5.95. The van der Waals surface area contributed by atoms with Gasteiger partial charge in [0.1, 0.15) is 11.5 Å². The summed E-state index contributed by atoms with van der Waals surface area (Å²) in [5, 5.41) is 9.31. The molecule has 0 saturated heterocycles. The molecule has 0 unspecified atom stereocenters. The standard InChI is InChI=1S/C22H19NO6/c1-2-27-22(26)18-13-16(11-12-17(18)21(24)25)29-20-6-4-3-5-19(20)28-15-9-7-14(23)8-10-15/h3-13H,2,23H2,1H3,(H,24,25). The maximum Gasteiger partial charge on any atom is 0.339 e. The van der Waals surface area contributed by atoms with Crippen LogP contribution in [0.25, 0.3) is 0 Å². The van der Waals surface area contributed by atoms with Crippen molar-refractivity contribution in [2.45, 2.75) is 6.92 Å². The largest absolute Gasteiger partial charge is 0.478 e. The predicted octanol–water partition coefficient (Wildman–Crippen LogP) is 4.73. The Morgan fingerprint density at radius 2 is 1.45 bits per heavy atom. The number of aromatic carboxylic acids is 1. The van der Waals surface area contributed by atoms with Crippen molar-refractivity contribution in [2.24, 2.45) is 0 Å². The number of carboxylic acid groups (broad SMARTS) is 1. The molecule has 0 aliphatic heterocycles. The summed E-state index contributed by atoms with van der Waals surface area (Å²) in [6.45, 7) is 1.77. The summed E-state index contributed by atoms with van der Waals surface area (Å²) in [6.07, 6.45) is 0. The van der Waals surface area contributed by atoms with Gasteiger partial charge in [-0.3, -0.25) is 0 Å². The Morgan fingerprint density at radius 1 is 0.862 bits per heavy atom. The summed E-state index contributed by atoms with van der Waals surface area (Å²) in [4.78, 5) is 23.5. The maximum absolute atomic E-state index is 12.1. The van der Waals surface area contributed by atoms with Gasteiger partial charge in [0.05, 0.1) is 17.7 Å². The van der Waals surface area contributed by atoms with Gasteiger partial charge in [0, 0.05) is 5.69 Å². The van der Waals surface area contributed by atoms with Gasteiger partial charge >= 0.3 is 11.9 Å². The second-order valence-electron chi connectivity index (χ2n) is 5.95. The zero-order valence-electron chi connectivity index (χ0n) is 15.6. The van der Waals surface area contributed by atoms with Crippen LogP contribution in [0.2, 0.25) is 0 Å². The van der Waals surface area contributed by atoms with E-state index in [-0.39, 0.29) is 23.5 Å². The number of nitrogen functional groups attached to an aromatic ring is 1. The Kier molecular flexibility index (Phi) is 5.99. The molecule has 3 aromatic carbocycles. The summed E-state index contributed by atoms with van der Waals surface area (Å²) in [7, 11) is 0. The monoisotopic (exact) mass is 393 g/mol. The molecule has 0 amide bonds. The Balaban J connectivity index is 1.90. The van der Waals surface area contributed by atoms with Crippen LogP contribution in [0.15, 0.2) is 66.7 Å². The third-order valence-corrected chi connectivity index (χ3v) is 3.90. The van der Waals surface area contributed by atoms with E-state index in [0.717, 1.165) is 0 Å². The number of ether oxygens (including phenoxy) is 3. The van der Waals surface area contributed by atoms with Crippen LogP contribution in [0, 0.1) is 0 Å². The van der Waals surface area contributed by atoms with Gasteiger partial charge in [-0.05, 0) is 61.5 Å². The van der Waals surface area contributed by atoms with Gasteiger partial charge in [0.15, 0.2) is 11.5 Å². The van der Waals surface area contributed by atoms with Crippen LogP contribution in [-0.2, 0) is 4.74 Å². The first-order chi connectivity index (χ1) is 14.0. The summed E-state index contributed by atoms with van der Waals surface area (Å²) in [6, 6.07) is 18.0. The number of carbonyl (C=O) groups is 2. The quantitative estimate of drug-likeness (QED) is 0.441. The molecule has 3 aromatic rings. The van der Waals surface area contributed by atoms with Gasteiger partial charge in [0.25, 0.3) is 0 Å². The molecule has 0 radical (unpaired) electrons. The van der Waals surface area contributed by atoms with E-state index in [9.17, 15) is 14.7 Å². The zero-order chi connectivity index (χ0) is 20.8. The summed E-state index contributed by atoms with van der Waals surface area (Å²) in [5.74, 6) is -0.289. The number of carboxylic acids is 1. The fourth-order valence-corrected chi connectivity index (χ4v) is 2.56. The Morgan fingerprint density at radius 3 is 2.03 bits per heavy atom. The first-order valence-electron chi connectivity index (χ1n) is 8.82. The summed E-state index contributed by atoms with van der Waals surface area (Å²) < 4.78 is 16.7. The number of rotatable bonds is 7. The van der Waals surface area contributed by atoms with E-state index >= 15 is 0 Å². The molecule has 0 spiro atoms. The minimum Gasteiger partial charge on any atom is -0.478 e. The van der Waals surface area contributed by atoms with Crippen LogP contribution in [0.4, 0.5) is 5.69 Å². The lowest BCUT2D eigenvalue weighted by Crippen LogP contribution is -2.11. The average molecular weight is 393 g/mol. The van der Waals surface area contributed by atoms with Crippen LogP contribution in [0.1, 0.15) is 27.6 Å². The highest BCUT2D eigenvalue weighted by Gasteiger charge is 2.19. The molecule has 0 saturated carbocycles. The zero-order valence-corrected chi connectivity index (χ0v) is 15.6. The van der Waals surface area contributed by atoms with Crippen molar-refractivity contribution in [3.8, 4) is 23.0 Å². The normalized spacial score (nSPS) is 10.2. The number of carbonyl (C=O) groups excluding carboxylic acids is 1. The van der Waals surface area contributed by atoms with Gasteiger partial charge < -0.3 is 25.1 Å². The van der Waals surface area contributed by atoms with Crippen LogP contribution in [0.3, 0.4) is 0 Å². The number of esters is 1. The van der Waals surface area contributed by atoms with Crippen molar-refractivity contribution in [3.63, 3.8) is 0 Å². The molecular weight excluding hydrogens is 374 g/mol. The molecule has 0 aliphatic rings. The second kappa shape index (κ2) is 8.79. The minimum atomic E-state index is -1.23. The number of benzene rings is 3. The first kappa shape index (κ1) is 19.8. The molecule has 0 fully saturated rings. The Hall–Kier alpha value is -4.00. The van der Waals surface area contributed by atoms with Gasteiger partial charge in [0.2, 0.25) is 0 Å². The average Bonchev–Trinajstić information content (AvgIpc) is 2.71. The number of nitrogens with two attached hydrogens (primary N) is 1. The fourth-order valence-electron chi connectivity index (χ4n) is 2.56. The van der Waals surface area contributed by atoms with Crippen molar-refractivity contribution in [1.29, 1.82) is 0 Å². The van der Waals surface area contributed by atoms with E-state index in [1.807, 2.05) is 0 Å². The fraction of sp³-hybridized carbons (Fsp3) is 0.0909. The number of hydrogen-bond acceptors (Lipinski definition) is 6. The summed E-state index contributed by atoms with van der Waals surface area (Å²) in [5.41, 5.74) is 6.05. The summed E-state index contributed by atoms with van der Waals surface area (Å²) >= 11 is 0. The van der Waals surface area contributed by atoms with Gasteiger partial charge in [-0.25, -0.2) is 9.59 Å².